The third-order valence-corrected chi connectivity index (χ3v) is 4.72. The van der Waals surface area contributed by atoms with Crippen LogP contribution in [0.25, 0.3) is 22.2 Å². The molecule has 0 unspecified atom stereocenters. The summed E-state index contributed by atoms with van der Waals surface area (Å²) >= 11 is 5.88. The Bertz CT molecular complexity index is 1210. The fourth-order valence-electron chi connectivity index (χ4n) is 2.91. The van der Waals surface area contributed by atoms with E-state index < -0.39 is 0 Å². The first-order valence-electron chi connectivity index (χ1n) is 9.02. The molecule has 0 fully saturated rings. The Morgan fingerprint density at radius 2 is 1.93 bits per heavy atom. The number of nitrogens with zero attached hydrogens (tertiary/aromatic N) is 3. The van der Waals surface area contributed by atoms with Crippen molar-refractivity contribution in [1.82, 2.24) is 20.0 Å². The van der Waals surface area contributed by atoms with Crippen molar-refractivity contribution in [2.45, 2.75) is 19.5 Å². The molecule has 0 aliphatic rings. The number of hydrogen-bond donors (Lipinski definition) is 1. The van der Waals surface area contributed by atoms with E-state index in [0.29, 0.717) is 27.4 Å². The molecule has 7 nitrogen and oxygen atoms in total. The molecule has 0 aliphatic heterocycles. The van der Waals surface area contributed by atoms with Crippen molar-refractivity contribution in [1.29, 1.82) is 0 Å². The van der Waals surface area contributed by atoms with Gasteiger partial charge in [0.2, 0.25) is 5.91 Å². The van der Waals surface area contributed by atoms with Gasteiger partial charge in [-0.25, -0.2) is 4.98 Å². The average molecular weight is 409 g/mol. The number of rotatable bonds is 6. The molecule has 0 aliphatic carbocycles. The normalized spacial score (nSPS) is 10.9. The van der Waals surface area contributed by atoms with E-state index in [0.717, 1.165) is 5.56 Å². The predicted molar refractivity (Wildman–Crippen MR) is 109 cm³/mol. The second kappa shape index (κ2) is 8.28. The Kier molecular flexibility index (Phi) is 5.39. The van der Waals surface area contributed by atoms with Crippen molar-refractivity contribution < 1.29 is 9.32 Å². The van der Waals surface area contributed by atoms with E-state index in [2.05, 4.69) is 15.5 Å². The number of nitrogens with one attached hydrogen (secondary N) is 1. The SMILES string of the molecule is O=C(CCn1cnc2ccccc2c1=O)NCc1cc(-c2ccc(Cl)cc2)on1. The fourth-order valence-corrected chi connectivity index (χ4v) is 3.04. The number of amides is 1. The minimum Gasteiger partial charge on any atom is -0.356 e. The van der Waals surface area contributed by atoms with Crippen LogP contribution in [-0.4, -0.2) is 20.6 Å². The lowest BCUT2D eigenvalue weighted by molar-refractivity contribution is -0.121. The lowest BCUT2D eigenvalue weighted by atomic mass is 10.1. The van der Waals surface area contributed by atoms with Crippen LogP contribution in [0, 0.1) is 0 Å². The van der Waals surface area contributed by atoms with E-state index in [1.807, 2.05) is 18.2 Å². The average Bonchev–Trinajstić information content (AvgIpc) is 3.21. The third kappa shape index (κ3) is 4.35. The van der Waals surface area contributed by atoms with E-state index in [4.69, 9.17) is 16.1 Å². The smallest absolute Gasteiger partial charge is 0.261 e. The minimum atomic E-state index is -0.193. The highest BCUT2D eigenvalue weighted by atomic mass is 35.5. The van der Waals surface area contributed by atoms with Gasteiger partial charge in [-0.3, -0.25) is 14.2 Å². The summed E-state index contributed by atoms with van der Waals surface area (Å²) in [5, 5.41) is 7.92. The molecule has 4 rings (SSSR count). The Hall–Kier alpha value is -3.45. The van der Waals surface area contributed by atoms with E-state index in [1.54, 1.807) is 36.4 Å². The first kappa shape index (κ1) is 18.9. The van der Waals surface area contributed by atoms with E-state index in [-0.39, 0.29) is 31.0 Å². The monoisotopic (exact) mass is 408 g/mol. The quantitative estimate of drug-likeness (QED) is 0.528. The van der Waals surface area contributed by atoms with E-state index in [1.165, 1.54) is 10.9 Å². The van der Waals surface area contributed by atoms with Gasteiger partial charge in [-0.1, -0.05) is 28.9 Å². The van der Waals surface area contributed by atoms with Gasteiger partial charge in [0.1, 0.15) is 5.69 Å². The molecule has 2 aromatic carbocycles. The summed E-state index contributed by atoms with van der Waals surface area (Å²) in [6.45, 7) is 0.484. The topological polar surface area (TPSA) is 90.0 Å². The molecule has 4 aromatic rings. The van der Waals surface area contributed by atoms with Gasteiger partial charge in [-0.15, -0.1) is 0 Å². The largest absolute Gasteiger partial charge is 0.356 e. The number of aromatic nitrogens is 3. The van der Waals surface area contributed by atoms with Crippen LogP contribution in [0.15, 0.2) is 70.2 Å². The Balaban J connectivity index is 1.33. The Morgan fingerprint density at radius 3 is 2.76 bits per heavy atom. The molecule has 1 N–H and O–H groups in total. The van der Waals surface area contributed by atoms with Crippen LogP contribution >= 0.6 is 11.6 Å². The summed E-state index contributed by atoms with van der Waals surface area (Å²) in [6.07, 6.45) is 1.62. The number of halogens is 1. The van der Waals surface area contributed by atoms with Crippen LogP contribution in [0.1, 0.15) is 12.1 Å². The maximum absolute atomic E-state index is 12.4. The van der Waals surface area contributed by atoms with Crippen molar-refractivity contribution in [3.63, 3.8) is 0 Å². The van der Waals surface area contributed by atoms with Gasteiger partial charge >= 0.3 is 0 Å². The molecule has 1 amide bonds. The first-order chi connectivity index (χ1) is 14.1. The zero-order valence-corrected chi connectivity index (χ0v) is 16.1. The molecular formula is C21H17ClN4O3. The van der Waals surface area contributed by atoms with Crippen LogP contribution in [0.5, 0.6) is 0 Å². The summed E-state index contributed by atoms with van der Waals surface area (Å²) in [5.74, 6) is 0.404. The molecule has 8 heteroatoms. The van der Waals surface area contributed by atoms with Crippen LogP contribution in [0.2, 0.25) is 5.02 Å². The van der Waals surface area contributed by atoms with Crippen molar-refractivity contribution in [2.75, 3.05) is 0 Å². The maximum atomic E-state index is 12.4. The molecule has 2 aromatic heterocycles. The van der Waals surface area contributed by atoms with E-state index >= 15 is 0 Å². The second-order valence-electron chi connectivity index (χ2n) is 6.48. The summed E-state index contributed by atoms with van der Waals surface area (Å²) in [5.41, 5.74) is 1.93. The van der Waals surface area contributed by atoms with E-state index in [9.17, 15) is 9.59 Å². The predicted octanol–water partition coefficient (Wildman–Crippen LogP) is 3.41. The standard InChI is InChI=1S/C21H17ClN4O3/c22-15-7-5-14(6-8-15)19-11-16(25-29-19)12-23-20(27)9-10-26-13-24-18-4-2-1-3-17(18)21(26)28/h1-8,11,13H,9-10,12H2,(H,23,27). The van der Waals surface area contributed by atoms with Crippen molar-refractivity contribution in [2.24, 2.45) is 0 Å². The number of carbonyl (C=O) groups is 1. The number of para-hydroxylation sites is 1. The Morgan fingerprint density at radius 1 is 1.14 bits per heavy atom. The molecule has 146 valence electrons. The van der Waals surface area contributed by atoms with Crippen LogP contribution in [0.3, 0.4) is 0 Å². The molecule has 0 spiro atoms. The molecule has 2 heterocycles. The van der Waals surface area contributed by atoms with Gasteiger partial charge in [0.15, 0.2) is 5.76 Å². The number of carbonyl (C=O) groups excluding carboxylic acids is 1. The zero-order chi connectivity index (χ0) is 20.2. The molecular weight excluding hydrogens is 392 g/mol. The lowest BCUT2D eigenvalue weighted by Gasteiger charge is -2.07. The van der Waals surface area contributed by atoms with Crippen molar-refractivity contribution in [3.05, 3.63) is 82.0 Å². The summed E-state index contributed by atoms with van der Waals surface area (Å²) in [4.78, 5) is 28.8. The highest BCUT2D eigenvalue weighted by molar-refractivity contribution is 6.30. The van der Waals surface area contributed by atoms with Gasteiger partial charge < -0.3 is 9.84 Å². The highest BCUT2D eigenvalue weighted by Crippen LogP contribution is 2.22. The van der Waals surface area contributed by atoms with Gasteiger partial charge in [0, 0.05) is 29.6 Å². The van der Waals surface area contributed by atoms with Crippen LogP contribution in [0.4, 0.5) is 0 Å². The summed E-state index contributed by atoms with van der Waals surface area (Å²) in [7, 11) is 0. The number of fused-ring (bicyclic) bond motifs is 1. The van der Waals surface area contributed by atoms with Crippen LogP contribution in [-0.2, 0) is 17.9 Å². The minimum absolute atomic E-state index is 0.155. The van der Waals surface area contributed by atoms with Crippen molar-refractivity contribution in [3.8, 4) is 11.3 Å². The molecule has 0 atom stereocenters. The number of benzene rings is 2. The van der Waals surface area contributed by atoms with Gasteiger partial charge in [0.25, 0.3) is 5.56 Å². The van der Waals surface area contributed by atoms with Crippen molar-refractivity contribution >= 4 is 28.4 Å². The number of aryl methyl sites for hydroxylation is 1. The molecule has 0 saturated heterocycles. The van der Waals surface area contributed by atoms with Gasteiger partial charge in [-0.05, 0) is 36.4 Å². The van der Waals surface area contributed by atoms with Gasteiger partial charge in [0.05, 0.1) is 23.8 Å². The lowest BCUT2D eigenvalue weighted by Crippen LogP contribution is -2.27. The van der Waals surface area contributed by atoms with Gasteiger partial charge in [-0.2, -0.15) is 0 Å². The number of hydrogen-bond acceptors (Lipinski definition) is 5. The summed E-state index contributed by atoms with van der Waals surface area (Å²) < 4.78 is 6.75. The molecule has 0 saturated carbocycles. The third-order valence-electron chi connectivity index (χ3n) is 4.47. The second-order valence-corrected chi connectivity index (χ2v) is 6.91. The first-order valence-corrected chi connectivity index (χ1v) is 9.40. The molecule has 0 bridgehead atoms. The highest BCUT2D eigenvalue weighted by Gasteiger charge is 2.10. The Labute approximate surface area is 170 Å². The molecule has 29 heavy (non-hydrogen) atoms. The summed E-state index contributed by atoms with van der Waals surface area (Å²) in [6, 6.07) is 16.1. The molecule has 0 radical (unpaired) electrons. The maximum Gasteiger partial charge on any atom is 0.261 e. The van der Waals surface area contributed by atoms with Crippen LogP contribution < -0.4 is 10.9 Å². The zero-order valence-electron chi connectivity index (χ0n) is 15.3. The fraction of sp³-hybridized carbons (Fsp3) is 0.143.